The minimum atomic E-state index is -0.277. The Morgan fingerprint density at radius 1 is 1.40 bits per heavy atom. The predicted octanol–water partition coefficient (Wildman–Crippen LogP) is 1.97. The van der Waals surface area contributed by atoms with Crippen LogP contribution in [0.15, 0.2) is 18.2 Å². The van der Waals surface area contributed by atoms with Gasteiger partial charge in [-0.25, -0.2) is 4.79 Å². The maximum atomic E-state index is 12.2. The molecule has 0 saturated carbocycles. The summed E-state index contributed by atoms with van der Waals surface area (Å²) in [4.78, 5) is 14.8. The molecule has 0 amide bonds. The van der Waals surface area contributed by atoms with Crippen molar-refractivity contribution in [3.05, 3.63) is 29.5 Å². The molecule has 3 fully saturated rings. The standard InChI is InChI=1S/C19H26N4O2/c1-2-25-19(24)14-4-3-5-15-18(14)16(22-21-15)6-9-20-17-12-23-10-7-13(17)8-11-23/h3-5,13,17,20H,2,6-12H2,1H3,(H,21,22). The van der Waals surface area contributed by atoms with Crippen molar-refractivity contribution in [3.63, 3.8) is 0 Å². The minimum absolute atomic E-state index is 0.277. The molecule has 0 spiro atoms. The quantitative estimate of drug-likeness (QED) is 0.786. The Hall–Kier alpha value is -1.92. The van der Waals surface area contributed by atoms with Crippen molar-refractivity contribution in [1.82, 2.24) is 20.4 Å². The fourth-order valence-corrected chi connectivity index (χ4v) is 4.27. The number of fused-ring (bicyclic) bond motifs is 4. The lowest BCUT2D eigenvalue weighted by molar-refractivity contribution is 0.0528. The van der Waals surface area contributed by atoms with Crippen LogP contribution in [0, 0.1) is 5.92 Å². The summed E-state index contributed by atoms with van der Waals surface area (Å²) in [5.41, 5.74) is 2.43. The van der Waals surface area contributed by atoms with E-state index in [4.69, 9.17) is 4.74 Å². The number of nitrogens with zero attached hydrogens (tertiary/aromatic N) is 2. The zero-order valence-electron chi connectivity index (χ0n) is 14.8. The number of nitrogens with one attached hydrogen (secondary N) is 2. The van der Waals surface area contributed by atoms with Gasteiger partial charge in [-0.05, 0) is 50.9 Å². The first-order valence-electron chi connectivity index (χ1n) is 9.35. The molecular formula is C19H26N4O2. The lowest BCUT2D eigenvalue weighted by Gasteiger charge is -2.45. The Labute approximate surface area is 147 Å². The fourth-order valence-electron chi connectivity index (χ4n) is 4.27. The van der Waals surface area contributed by atoms with Crippen LogP contribution < -0.4 is 5.32 Å². The van der Waals surface area contributed by atoms with Crippen molar-refractivity contribution < 1.29 is 9.53 Å². The number of hydrogen-bond donors (Lipinski definition) is 2. The second-order valence-corrected chi connectivity index (χ2v) is 7.07. The number of piperidine rings is 3. The van der Waals surface area contributed by atoms with Crippen LogP contribution in [0.1, 0.15) is 35.8 Å². The average molecular weight is 342 g/mol. The fraction of sp³-hybridized carbons (Fsp3) is 0.579. The van der Waals surface area contributed by atoms with E-state index >= 15 is 0 Å². The number of aromatic amines is 1. The molecule has 5 rings (SSSR count). The van der Waals surface area contributed by atoms with Gasteiger partial charge in [-0.3, -0.25) is 5.10 Å². The number of ether oxygens (including phenoxy) is 1. The van der Waals surface area contributed by atoms with E-state index in [0.717, 1.165) is 35.5 Å². The Balaban J connectivity index is 1.45. The Morgan fingerprint density at radius 2 is 2.24 bits per heavy atom. The number of aromatic nitrogens is 2. The summed E-state index contributed by atoms with van der Waals surface area (Å²) in [5, 5.41) is 12.1. The highest BCUT2D eigenvalue weighted by Crippen LogP contribution is 2.27. The molecule has 0 radical (unpaired) electrons. The lowest BCUT2D eigenvalue weighted by Crippen LogP contribution is -2.56. The number of H-pyrrole nitrogens is 1. The Morgan fingerprint density at radius 3 is 2.96 bits per heavy atom. The zero-order chi connectivity index (χ0) is 17.2. The van der Waals surface area contributed by atoms with Crippen molar-refractivity contribution in [3.8, 4) is 0 Å². The largest absolute Gasteiger partial charge is 0.462 e. The smallest absolute Gasteiger partial charge is 0.338 e. The molecule has 2 bridgehead atoms. The van der Waals surface area contributed by atoms with E-state index in [2.05, 4.69) is 20.4 Å². The molecule has 1 aromatic carbocycles. The van der Waals surface area contributed by atoms with Gasteiger partial charge in [-0.15, -0.1) is 0 Å². The van der Waals surface area contributed by atoms with Crippen molar-refractivity contribution in [2.24, 2.45) is 5.92 Å². The molecule has 0 aliphatic carbocycles. The molecule has 1 aromatic heterocycles. The normalized spacial score (nSPS) is 25.4. The minimum Gasteiger partial charge on any atom is -0.462 e. The molecule has 1 unspecified atom stereocenters. The average Bonchev–Trinajstić information content (AvgIpc) is 3.06. The third-order valence-electron chi connectivity index (χ3n) is 5.58. The van der Waals surface area contributed by atoms with Crippen LogP contribution in [0.2, 0.25) is 0 Å². The maximum absolute atomic E-state index is 12.2. The van der Waals surface area contributed by atoms with Gasteiger partial charge in [0.2, 0.25) is 0 Å². The molecule has 2 N–H and O–H groups in total. The summed E-state index contributed by atoms with van der Waals surface area (Å²) in [6.45, 7) is 6.77. The van der Waals surface area contributed by atoms with Gasteiger partial charge in [-0.2, -0.15) is 5.10 Å². The van der Waals surface area contributed by atoms with E-state index in [1.165, 1.54) is 32.5 Å². The summed E-state index contributed by atoms with van der Waals surface area (Å²) in [7, 11) is 0. The van der Waals surface area contributed by atoms with Crippen LogP contribution in [0.5, 0.6) is 0 Å². The van der Waals surface area contributed by atoms with Gasteiger partial charge in [0.15, 0.2) is 0 Å². The first-order chi connectivity index (χ1) is 12.3. The molecular weight excluding hydrogens is 316 g/mol. The van der Waals surface area contributed by atoms with Crippen LogP contribution in [-0.2, 0) is 11.2 Å². The highest BCUT2D eigenvalue weighted by Gasteiger charge is 2.33. The molecule has 134 valence electrons. The molecule has 25 heavy (non-hydrogen) atoms. The van der Waals surface area contributed by atoms with Crippen LogP contribution in [-0.4, -0.2) is 59.9 Å². The molecule has 2 aromatic rings. The van der Waals surface area contributed by atoms with E-state index in [0.29, 0.717) is 18.2 Å². The monoisotopic (exact) mass is 342 g/mol. The summed E-state index contributed by atoms with van der Waals surface area (Å²) < 4.78 is 5.19. The van der Waals surface area contributed by atoms with Gasteiger partial charge in [0.05, 0.1) is 23.4 Å². The van der Waals surface area contributed by atoms with Gasteiger partial charge < -0.3 is 15.0 Å². The summed E-state index contributed by atoms with van der Waals surface area (Å²) in [6, 6.07) is 6.23. The first-order valence-corrected chi connectivity index (χ1v) is 9.35. The molecule has 3 aliphatic heterocycles. The number of benzene rings is 1. The highest BCUT2D eigenvalue weighted by atomic mass is 16.5. The van der Waals surface area contributed by atoms with Crippen molar-refractivity contribution in [2.45, 2.75) is 32.2 Å². The third-order valence-corrected chi connectivity index (χ3v) is 5.58. The molecule has 3 aliphatic rings. The van der Waals surface area contributed by atoms with Crippen LogP contribution in [0.3, 0.4) is 0 Å². The first kappa shape index (κ1) is 16.5. The number of carbonyl (C=O) groups is 1. The van der Waals surface area contributed by atoms with Crippen LogP contribution >= 0.6 is 0 Å². The number of esters is 1. The van der Waals surface area contributed by atoms with Crippen LogP contribution in [0.4, 0.5) is 0 Å². The third kappa shape index (κ3) is 3.28. The molecule has 1 atom stereocenters. The van der Waals surface area contributed by atoms with Gasteiger partial charge in [0, 0.05) is 30.9 Å². The van der Waals surface area contributed by atoms with Gasteiger partial charge in [0.1, 0.15) is 0 Å². The van der Waals surface area contributed by atoms with Crippen molar-refractivity contribution in [1.29, 1.82) is 0 Å². The van der Waals surface area contributed by atoms with Gasteiger partial charge in [0.25, 0.3) is 0 Å². The Bertz CT molecular complexity index is 749. The molecule has 6 nitrogen and oxygen atoms in total. The lowest BCUT2D eigenvalue weighted by atomic mass is 9.84. The second-order valence-electron chi connectivity index (χ2n) is 7.07. The maximum Gasteiger partial charge on any atom is 0.338 e. The summed E-state index contributed by atoms with van der Waals surface area (Å²) >= 11 is 0. The number of carbonyl (C=O) groups excluding carboxylic acids is 1. The SMILES string of the molecule is CCOC(=O)c1cccc2[nH]nc(CCNC3CN4CCC3CC4)c12. The highest BCUT2D eigenvalue weighted by molar-refractivity contribution is 6.04. The molecule has 6 heteroatoms. The zero-order valence-corrected chi connectivity index (χ0v) is 14.8. The predicted molar refractivity (Wildman–Crippen MR) is 96.7 cm³/mol. The number of hydrogen-bond acceptors (Lipinski definition) is 5. The van der Waals surface area contributed by atoms with E-state index in [1.807, 2.05) is 25.1 Å². The molecule has 4 heterocycles. The van der Waals surface area contributed by atoms with E-state index < -0.39 is 0 Å². The second kappa shape index (κ2) is 7.14. The summed E-state index contributed by atoms with van der Waals surface area (Å²) in [5.74, 6) is 0.539. The van der Waals surface area contributed by atoms with Crippen molar-refractivity contribution >= 4 is 16.9 Å². The van der Waals surface area contributed by atoms with Crippen molar-refractivity contribution in [2.75, 3.05) is 32.8 Å². The van der Waals surface area contributed by atoms with Crippen LogP contribution in [0.25, 0.3) is 10.9 Å². The topological polar surface area (TPSA) is 70.2 Å². The van der Waals surface area contributed by atoms with E-state index in [9.17, 15) is 4.79 Å². The van der Waals surface area contributed by atoms with E-state index in [-0.39, 0.29) is 5.97 Å². The number of rotatable bonds is 6. The molecule has 3 saturated heterocycles. The van der Waals surface area contributed by atoms with Gasteiger partial charge >= 0.3 is 5.97 Å². The summed E-state index contributed by atoms with van der Waals surface area (Å²) in [6.07, 6.45) is 3.44. The van der Waals surface area contributed by atoms with Gasteiger partial charge in [-0.1, -0.05) is 6.07 Å². The Kier molecular flexibility index (Phi) is 4.72. The van der Waals surface area contributed by atoms with E-state index in [1.54, 1.807) is 0 Å².